The van der Waals surface area contributed by atoms with Crippen LogP contribution in [0.1, 0.15) is 31.9 Å². The Morgan fingerprint density at radius 2 is 1.50 bits per heavy atom. The van der Waals surface area contributed by atoms with Crippen molar-refractivity contribution in [1.82, 2.24) is 0 Å². The van der Waals surface area contributed by atoms with E-state index in [1.165, 1.54) is 6.07 Å². The van der Waals surface area contributed by atoms with Gasteiger partial charge in [-0.3, -0.25) is 0 Å². The van der Waals surface area contributed by atoms with E-state index in [0.29, 0.717) is 5.56 Å². The number of hydrogen-bond donors (Lipinski definition) is 1. The summed E-state index contributed by atoms with van der Waals surface area (Å²) < 4.78 is 38.0. The molecule has 0 saturated heterocycles. The third-order valence-corrected chi connectivity index (χ3v) is 2.62. The lowest BCUT2D eigenvalue weighted by Gasteiger charge is -2.23. The molecular weight excluding hydrogens is 239 g/mol. The fraction of sp³-hybridized carbons (Fsp3) is 0.455. The van der Waals surface area contributed by atoms with Gasteiger partial charge in [0.25, 0.3) is 0 Å². The highest BCUT2D eigenvalue weighted by molar-refractivity contribution is 6.32. The lowest BCUT2D eigenvalue weighted by Crippen LogP contribution is -2.16. The van der Waals surface area contributed by atoms with Gasteiger partial charge in [0.2, 0.25) is 0 Å². The lowest BCUT2D eigenvalue weighted by atomic mass is 9.85. The quantitative estimate of drug-likeness (QED) is 0.686. The van der Waals surface area contributed by atoms with Crippen LogP contribution in [-0.4, -0.2) is 0 Å². The standard InChI is InChI=1S/C11H13ClF3N/c1-10(2,3)7-4-6(16)5-8(9(7)12)11(13,14)15/h4-5H,16H2,1-3H3. The van der Waals surface area contributed by atoms with E-state index < -0.39 is 17.2 Å². The molecule has 90 valence electrons. The summed E-state index contributed by atoms with van der Waals surface area (Å²) in [7, 11) is 0. The Labute approximate surface area is 97.4 Å². The number of hydrogen-bond acceptors (Lipinski definition) is 1. The second kappa shape index (κ2) is 3.84. The fourth-order valence-electron chi connectivity index (χ4n) is 1.40. The van der Waals surface area contributed by atoms with E-state index in [4.69, 9.17) is 17.3 Å². The van der Waals surface area contributed by atoms with Gasteiger partial charge in [0.05, 0.1) is 10.6 Å². The highest BCUT2D eigenvalue weighted by Crippen LogP contribution is 2.41. The first-order valence-corrected chi connectivity index (χ1v) is 5.08. The minimum Gasteiger partial charge on any atom is -0.399 e. The van der Waals surface area contributed by atoms with Gasteiger partial charge >= 0.3 is 6.18 Å². The summed E-state index contributed by atoms with van der Waals surface area (Å²) in [5, 5.41) is -0.269. The Bertz CT molecular complexity index is 370. The highest BCUT2D eigenvalue weighted by Gasteiger charge is 2.35. The van der Waals surface area contributed by atoms with E-state index in [9.17, 15) is 13.2 Å². The second-order valence-corrected chi connectivity index (χ2v) is 5.06. The minimum absolute atomic E-state index is 0.0710. The van der Waals surface area contributed by atoms with Crippen LogP contribution >= 0.6 is 11.6 Å². The molecule has 0 aliphatic carbocycles. The Morgan fingerprint density at radius 3 is 1.88 bits per heavy atom. The van der Waals surface area contributed by atoms with Gasteiger partial charge in [-0.1, -0.05) is 32.4 Å². The van der Waals surface area contributed by atoms with Crippen molar-refractivity contribution in [3.05, 3.63) is 28.3 Å². The zero-order valence-corrected chi connectivity index (χ0v) is 10.00. The van der Waals surface area contributed by atoms with Crippen molar-refractivity contribution in [3.63, 3.8) is 0 Å². The molecular formula is C11H13ClF3N. The molecule has 0 heterocycles. The van der Waals surface area contributed by atoms with Crippen LogP contribution in [-0.2, 0) is 11.6 Å². The molecule has 0 amide bonds. The van der Waals surface area contributed by atoms with Crippen LogP contribution in [0.25, 0.3) is 0 Å². The number of nitrogens with two attached hydrogens (primary N) is 1. The van der Waals surface area contributed by atoms with Gasteiger partial charge in [0.15, 0.2) is 0 Å². The van der Waals surface area contributed by atoms with Crippen LogP contribution in [0.15, 0.2) is 12.1 Å². The normalized spacial score (nSPS) is 12.9. The molecule has 1 aromatic carbocycles. The van der Waals surface area contributed by atoms with Crippen LogP contribution in [0, 0.1) is 0 Å². The molecule has 0 atom stereocenters. The topological polar surface area (TPSA) is 26.0 Å². The van der Waals surface area contributed by atoms with Crippen molar-refractivity contribution in [1.29, 1.82) is 0 Å². The van der Waals surface area contributed by atoms with E-state index in [1.54, 1.807) is 20.8 Å². The zero-order valence-electron chi connectivity index (χ0n) is 9.24. The smallest absolute Gasteiger partial charge is 0.399 e. The van der Waals surface area contributed by atoms with Crippen LogP contribution in [0.3, 0.4) is 0 Å². The van der Waals surface area contributed by atoms with E-state index in [0.717, 1.165) is 6.07 Å². The van der Waals surface area contributed by atoms with Gasteiger partial charge < -0.3 is 5.73 Å². The highest BCUT2D eigenvalue weighted by atomic mass is 35.5. The number of anilines is 1. The number of alkyl halides is 3. The lowest BCUT2D eigenvalue weighted by molar-refractivity contribution is -0.137. The third-order valence-electron chi connectivity index (χ3n) is 2.21. The molecule has 2 N–H and O–H groups in total. The molecule has 0 bridgehead atoms. The summed E-state index contributed by atoms with van der Waals surface area (Å²) >= 11 is 5.77. The van der Waals surface area contributed by atoms with Gasteiger partial charge in [-0.2, -0.15) is 13.2 Å². The number of halogens is 4. The van der Waals surface area contributed by atoms with Crippen LogP contribution < -0.4 is 5.73 Å². The number of benzene rings is 1. The van der Waals surface area contributed by atoms with Crippen molar-refractivity contribution < 1.29 is 13.2 Å². The summed E-state index contributed by atoms with van der Waals surface area (Å²) in [6.45, 7) is 5.36. The maximum absolute atomic E-state index is 12.7. The summed E-state index contributed by atoms with van der Waals surface area (Å²) in [6, 6.07) is 2.34. The molecule has 0 aliphatic heterocycles. The van der Waals surface area contributed by atoms with Crippen LogP contribution in [0.4, 0.5) is 18.9 Å². The molecule has 1 nitrogen and oxygen atoms in total. The first-order valence-electron chi connectivity index (χ1n) is 4.70. The van der Waals surface area contributed by atoms with Gasteiger partial charge in [0.1, 0.15) is 0 Å². The summed E-state index contributed by atoms with van der Waals surface area (Å²) in [5.41, 5.74) is 4.58. The Balaban J connectivity index is 3.51. The summed E-state index contributed by atoms with van der Waals surface area (Å²) in [5.74, 6) is 0. The van der Waals surface area contributed by atoms with Gasteiger partial charge in [-0.15, -0.1) is 0 Å². The van der Waals surface area contributed by atoms with Crippen molar-refractivity contribution in [3.8, 4) is 0 Å². The molecule has 0 spiro atoms. The predicted octanol–water partition coefficient (Wildman–Crippen LogP) is 4.24. The van der Waals surface area contributed by atoms with Crippen molar-refractivity contribution in [2.45, 2.75) is 32.4 Å². The van der Waals surface area contributed by atoms with Crippen LogP contribution in [0.2, 0.25) is 5.02 Å². The predicted molar refractivity (Wildman–Crippen MR) is 59.6 cm³/mol. The molecule has 0 unspecified atom stereocenters. The third kappa shape index (κ3) is 2.61. The SMILES string of the molecule is CC(C)(C)c1cc(N)cc(C(F)(F)F)c1Cl. The zero-order chi connectivity index (χ0) is 12.7. The molecule has 16 heavy (non-hydrogen) atoms. The molecule has 0 fully saturated rings. The van der Waals surface area contributed by atoms with Gasteiger partial charge in [-0.25, -0.2) is 0 Å². The Hall–Kier alpha value is -0.900. The maximum atomic E-state index is 12.7. The van der Waals surface area contributed by atoms with E-state index in [1.807, 2.05) is 0 Å². The van der Waals surface area contributed by atoms with Crippen molar-refractivity contribution >= 4 is 17.3 Å². The molecule has 0 radical (unpaired) electrons. The Kier molecular flexibility index (Phi) is 3.16. The molecule has 1 aromatic rings. The average Bonchev–Trinajstić information content (AvgIpc) is 2.04. The number of rotatable bonds is 0. The van der Waals surface area contributed by atoms with Gasteiger partial charge in [-0.05, 0) is 23.1 Å². The first-order chi connectivity index (χ1) is 7.03. The monoisotopic (exact) mass is 251 g/mol. The fourth-order valence-corrected chi connectivity index (χ4v) is 1.90. The molecule has 0 aromatic heterocycles. The summed E-state index contributed by atoms with van der Waals surface area (Å²) in [4.78, 5) is 0. The first kappa shape index (κ1) is 13.2. The summed E-state index contributed by atoms with van der Waals surface area (Å²) in [6.07, 6.45) is -4.48. The van der Waals surface area contributed by atoms with Crippen molar-refractivity contribution in [2.24, 2.45) is 0 Å². The maximum Gasteiger partial charge on any atom is 0.417 e. The molecule has 5 heteroatoms. The van der Waals surface area contributed by atoms with E-state index in [2.05, 4.69) is 0 Å². The minimum atomic E-state index is -4.48. The van der Waals surface area contributed by atoms with E-state index in [-0.39, 0.29) is 10.7 Å². The van der Waals surface area contributed by atoms with Gasteiger partial charge in [0, 0.05) is 5.69 Å². The largest absolute Gasteiger partial charge is 0.417 e. The average molecular weight is 252 g/mol. The molecule has 1 rings (SSSR count). The number of nitrogen functional groups attached to an aromatic ring is 1. The Morgan fingerprint density at radius 1 is 1.06 bits per heavy atom. The molecule has 0 aliphatic rings. The molecule has 0 saturated carbocycles. The van der Waals surface area contributed by atoms with E-state index >= 15 is 0 Å². The van der Waals surface area contributed by atoms with Crippen LogP contribution in [0.5, 0.6) is 0 Å². The second-order valence-electron chi connectivity index (χ2n) is 4.68. The van der Waals surface area contributed by atoms with Crippen molar-refractivity contribution in [2.75, 3.05) is 5.73 Å².